The predicted octanol–water partition coefficient (Wildman–Crippen LogP) is 3.72. The maximum absolute atomic E-state index is 13.0. The molecule has 2 aromatic rings. The fourth-order valence-corrected chi connectivity index (χ4v) is 2.16. The highest BCUT2D eigenvalue weighted by Gasteiger charge is 2.34. The number of carboxylic acid groups (broad SMARTS) is 1. The second-order valence-corrected chi connectivity index (χ2v) is 4.46. The lowest BCUT2D eigenvalue weighted by atomic mass is 9.99. The van der Waals surface area contributed by atoms with Crippen LogP contribution in [0.2, 0.25) is 0 Å². The van der Waals surface area contributed by atoms with Crippen LogP contribution in [0.1, 0.15) is 21.7 Å². The van der Waals surface area contributed by atoms with Gasteiger partial charge in [-0.1, -0.05) is 18.2 Å². The molecule has 1 N–H and O–H groups in total. The number of hydrogen-bond acceptors (Lipinski definition) is 1. The average molecular weight is 283 g/mol. The van der Waals surface area contributed by atoms with Crippen LogP contribution in [0.15, 0.2) is 30.3 Å². The van der Waals surface area contributed by atoms with Crippen LogP contribution in [-0.2, 0) is 13.2 Å². The molecule has 2 rings (SSSR count). The minimum Gasteiger partial charge on any atom is -0.477 e. The first-order valence-corrected chi connectivity index (χ1v) is 5.79. The first-order valence-electron chi connectivity index (χ1n) is 5.79. The quantitative estimate of drug-likeness (QED) is 0.912. The zero-order valence-corrected chi connectivity index (χ0v) is 10.8. The van der Waals surface area contributed by atoms with Crippen molar-refractivity contribution in [1.29, 1.82) is 0 Å². The van der Waals surface area contributed by atoms with Gasteiger partial charge in [0.25, 0.3) is 0 Å². The van der Waals surface area contributed by atoms with Gasteiger partial charge in [0, 0.05) is 18.3 Å². The Morgan fingerprint density at radius 3 is 2.35 bits per heavy atom. The molecule has 0 amide bonds. The summed E-state index contributed by atoms with van der Waals surface area (Å²) in [6.45, 7) is 1.64. The van der Waals surface area contributed by atoms with Crippen molar-refractivity contribution in [2.75, 3.05) is 0 Å². The summed E-state index contributed by atoms with van der Waals surface area (Å²) in [5.74, 6) is -1.26. The minimum absolute atomic E-state index is 0.0745. The van der Waals surface area contributed by atoms with Crippen molar-refractivity contribution in [2.45, 2.75) is 13.1 Å². The number of benzene rings is 1. The van der Waals surface area contributed by atoms with Gasteiger partial charge in [-0.3, -0.25) is 0 Å². The Balaban J connectivity index is 2.77. The normalized spacial score (nSPS) is 11.7. The molecule has 0 aliphatic carbocycles. The van der Waals surface area contributed by atoms with E-state index >= 15 is 0 Å². The Hall–Kier alpha value is -2.24. The van der Waals surface area contributed by atoms with Crippen LogP contribution in [0.5, 0.6) is 0 Å². The zero-order valence-electron chi connectivity index (χ0n) is 10.8. The highest BCUT2D eigenvalue weighted by Crippen LogP contribution is 2.38. The van der Waals surface area contributed by atoms with Gasteiger partial charge in [-0.05, 0) is 24.6 Å². The maximum atomic E-state index is 13.0. The molecule has 0 aliphatic heterocycles. The van der Waals surface area contributed by atoms with E-state index < -0.39 is 17.7 Å². The topological polar surface area (TPSA) is 42.2 Å². The Bertz CT molecular complexity index is 672. The van der Waals surface area contributed by atoms with E-state index in [2.05, 4.69) is 0 Å². The Morgan fingerprint density at radius 2 is 1.80 bits per heavy atom. The molecule has 3 nitrogen and oxygen atoms in total. The third-order valence-electron chi connectivity index (χ3n) is 3.20. The van der Waals surface area contributed by atoms with Crippen LogP contribution in [0, 0.1) is 6.92 Å². The lowest BCUT2D eigenvalue weighted by Gasteiger charge is -2.12. The monoisotopic (exact) mass is 283 g/mol. The fourth-order valence-electron chi connectivity index (χ4n) is 2.16. The molecule has 6 heteroatoms. The Labute approximate surface area is 113 Å². The van der Waals surface area contributed by atoms with Crippen LogP contribution < -0.4 is 0 Å². The van der Waals surface area contributed by atoms with Gasteiger partial charge in [-0.2, -0.15) is 13.2 Å². The van der Waals surface area contributed by atoms with Gasteiger partial charge < -0.3 is 9.67 Å². The molecule has 106 valence electrons. The zero-order chi connectivity index (χ0) is 15.1. The summed E-state index contributed by atoms with van der Waals surface area (Å²) in [7, 11) is 1.51. The summed E-state index contributed by atoms with van der Waals surface area (Å²) in [6.07, 6.45) is -4.53. The SMILES string of the molecule is Cc1cc(-c2ccccc2C(F)(F)F)c(C(=O)O)n1C. The van der Waals surface area contributed by atoms with Gasteiger partial charge in [0.1, 0.15) is 5.69 Å². The molecule has 0 fully saturated rings. The Kier molecular flexibility index (Phi) is 3.33. The number of hydrogen-bond donors (Lipinski definition) is 1. The van der Waals surface area contributed by atoms with E-state index in [1.807, 2.05) is 0 Å². The molecule has 0 saturated heterocycles. The number of alkyl halides is 3. The molecular weight excluding hydrogens is 271 g/mol. The highest BCUT2D eigenvalue weighted by atomic mass is 19.4. The molecule has 0 radical (unpaired) electrons. The van der Waals surface area contributed by atoms with Crippen molar-refractivity contribution in [1.82, 2.24) is 4.57 Å². The van der Waals surface area contributed by atoms with Crippen LogP contribution in [-0.4, -0.2) is 15.6 Å². The molecule has 0 spiro atoms. The first-order chi connectivity index (χ1) is 9.23. The van der Waals surface area contributed by atoms with Gasteiger partial charge in [-0.25, -0.2) is 4.79 Å². The van der Waals surface area contributed by atoms with Gasteiger partial charge >= 0.3 is 12.1 Å². The number of nitrogens with zero attached hydrogens (tertiary/aromatic N) is 1. The largest absolute Gasteiger partial charge is 0.477 e. The molecule has 20 heavy (non-hydrogen) atoms. The van der Waals surface area contributed by atoms with Crippen molar-refractivity contribution in [3.8, 4) is 11.1 Å². The van der Waals surface area contributed by atoms with E-state index in [1.54, 1.807) is 6.92 Å². The summed E-state index contributed by atoms with van der Waals surface area (Å²) in [5, 5.41) is 9.21. The predicted molar refractivity (Wildman–Crippen MR) is 67.5 cm³/mol. The summed E-state index contributed by atoms with van der Waals surface area (Å²) in [4.78, 5) is 11.3. The summed E-state index contributed by atoms with van der Waals surface area (Å²) in [6, 6.07) is 6.42. The van der Waals surface area contributed by atoms with E-state index in [-0.39, 0.29) is 16.8 Å². The van der Waals surface area contributed by atoms with E-state index in [0.717, 1.165) is 6.07 Å². The lowest BCUT2D eigenvalue weighted by molar-refractivity contribution is -0.137. The molecule has 0 aliphatic rings. The van der Waals surface area contributed by atoms with Gasteiger partial charge in [0.05, 0.1) is 5.56 Å². The fraction of sp³-hybridized carbons (Fsp3) is 0.214. The van der Waals surface area contributed by atoms with Crippen molar-refractivity contribution in [2.24, 2.45) is 7.05 Å². The minimum atomic E-state index is -4.53. The average Bonchev–Trinajstić information content (AvgIpc) is 2.65. The molecule has 0 atom stereocenters. The molecule has 1 heterocycles. The molecule has 1 aromatic heterocycles. The van der Waals surface area contributed by atoms with Gasteiger partial charge in [0.2, 0.25) is 0 Å². The molecule has 1 aromatic carbocycles. The van der Waals surface area contributed by atoms with E-state index in [1.165, 1.54) is 35.9 Å². The lowest BCUT2D eigenvalue weighted by Crippen LogP contribution is -2.10. The van der Waals surface area contributed by atoms with Gasteiger partial charge in [-0.15, -0.1) is 0 Å². The third kappa shape index (κ3) is 2.29. The van der Waals surface area contributed by atoms with E-state index in [0.29, 0.717) is 5.69 Å². The summed E-state index contributed by atoms with van der Waals surface area (Å²) >= 11 is 0. The first kappa shape index (κ1) is 14.2. The standard InChI is InChI=1S/C14H12F3NO2/c1-8-7-10(12(13(19)20)18(8)2)9-5-3-4-6-11(9)14(15,16)17/h3-7H,1-2H3,(H,19,20). The number of rotatable bonds is 2. The number of halogens is 3. The van der Waals surface area contributed by atoms with Crippen LogP contribution in [0.3, 0.4) is 0 Å². The third-order valence-corrected chi connectivity index (χ3v) is 3.20. The number of carbonyl (C=O) groups is 1. The van der Waals surface area contributed by atoms with Crippen LogP contribution in [0.4, 0.5) is 13.2 Å². The maximum Gasteiger partial charge on any atom is 0.417 e. The second-order valence-electron chi connectivity index (χ2n) is 4.46. The summed E-state index contributed by atoms with van der Waals surface area (Å²) in [5.41, 5.74) is -0.465. The highest BCUT2D eigenvalue weighted by molar-refractivity contribution is 5.95. The van der Waals surface area contributed by atoms with Crippen molar-refractivity contribution < 1.29 is 23.1 Å². The van der Waals surface area contributed by atoms with E-state index in [9.17, 15) is 23.1 Å². The number of aromatic carboxylic acids is 1. The van der Waals surface area contributed by atoms with Gasteiger partial charge in [0.15, 0.2) is 0 Å². The van der Waals surface area contributed by atoms with E-state index in [4.69, 9.17) is 0 Å². The smallest absolute Gasteiger partial charge is 0.417 e. The Morgan fingerprint density at radius 1 is 1.20 bits per heavy atom. The molecule has 0 bridgehead atoms. The van der Waals surface area contributed by atoms with Crippen molar-refractivity contribution in [3.63, 3.8) is 0 Å². The van der Waals surface area contributed by atoms with Crippen molar-refractivity contribution >= 4 is 5.97 Å². The second kappa shape index (κ2) is 4.70. The number of carboxylic acids is 1. The molecular formula is C14H12F3NO2. The number of aromatic nitrogens is 1. The van der Waals surface area contributed by atoms with Crippen LogP contribution >= 0.6 is 0 Å². The van der Waals surface area contributed by atoms with Crippen molar-refractivity contribution in [3.05, 3.63) is 47.3 Å². The molecule has 0 saturated carbocycles. The molecule has 0 unspecified atom stereocenters. The summed E-state index contributed by atoms with van der Waals surface area (Å²) < 4.78 is 40.4. The van der Waals surface area contributed by atoms with Crippen LogP contribution in [0.25, 0.3) is 11.1 Å². The number of aryl methyl sites for hydroxylation is 1.